The average molecular weight is 1630 g/mol. The lowest BCUT2D eigenvalue weighted by atomic mass is 9.83. The monoisotopic (exact) mass is 1630 g/mol. The van der Waals surface area contributed by atoms with E-state index in [1.165, 1.54) is 140 Å². The molecule has 0 fully saturated rings. The van der Waals surface area contributed by atoms with Gasteiger partial charge in [0.2, 0.25) is 5.91 Å². The Morgan fingerprint density at radius 3 is 0.992 bits per heavy atom. The number of Topliss-reactive ketones (excluding diaryl/α,β-unsaturated/α-hetero) is 5. The molecule has 1 amide bonds. The molecule has 0 aliphatic carbocycles. The molecule has 0 aromatic heterocycles. The lowest BCUT2D eigenvalue weighted by Crippen LogP contribution is -2.27. The number of hydrogen-bond acceptors (Lipinski definition) is 9. The van der Waals surface area contributed by atoms with Gasteiger partial charge in [0.05, 0.1) is 12.5 Å². The van der Waals surface area contributed by atoms with Gasteiger partial charge in [0.1, 0.15) is 87.9 Å². The molecule has 0 aliphatic rings. The van der Waals surface area contributed by atoms with Crippen LogP contribution >= 0.6 is 0 Å². The number of amides is 1. The second-order valence-corrected chi connectivity index (χ2v) is 29.8. The summed E-state index contributed by atoms with van der Waals surface area (Å²) in [5.41, 5.74) is 7.94. The van der Waals surface area contributed by atoms with Gasteiger partial charge < -0.3 is 15.4 Å². The van der Waals surface area contributed by atoms with Crippen LogP contribution in [0.15, 0.2) is 249 Å². The first-order valence-electron chi connectivity index (χ1n) is 38.9. The number of halogens is 10. The maximum Gasteiger partial charge on any atom is 0.222 e. The highest BCUT2D eigenvalue weighted by atomic mass is 19.2. The fourth-order valence-corrected chi connectivity index (χ4v) is 10.3. The largest absolute Gasteiger partial charge is 0.486 e. The first-order chi connectivity index (χ1) is 55.8. The van der Waals surface area contributed by atoms with Gasteiger partial charge in [0.15, 0.2) is 17.3 Å². The van der Waals surface area contributed by atoms with E-state index in [0.29, 0.717) is 43.7 Å². The highest BCUT2D eigenvalue weighted by molar-refractivity contribution is 6.01. The van der Waals surface area contributed by atoms with Crippen LogP contribution < -0.4 is 15.4 Å². The Morgan fingerprint density at radius 1 is 0.331 bits per heavy atom. The van der Waals surface area contributed by atoms with E-state index in [1.54, 1.807) is 109 Å². The second kappa shape index (κ2) is 51.4. The van der Waals surface area contributed by atoms with Crippen molar-refractivity contribution in [2.45, 2.75) is 135 Å². The fourth-order valence-electron chi connectivity index (χ4n) is 10.3. The molecule has 10 aromatic carbocycles. The van der Waals surface area contributed by atoms with Gasteiger partial charge >= 0.3 is 0 Å². The van der Waals surface area contributed by atoms with Crippen LogP contribution in [0, 0.1) is 99.6 Å². The molecule has 10 aromatic rings. The molecule has 0 radical (unpaired) electrons. The number of ether oxygens (including phenoxy) is 1. The molecule has 0 heterocycles. The molecule has 0 saturated heterocycles. The summed E-state index contributed by atoms with van der Waals surface area (Å²) in [7, 11) is 0. The van der Waals surface area contributed by atoms with Gasteiger partial charge in [-0.15, -0.1) is 0 Å². The molecule has 626 valence electrons. The summed E-state index contributed by atoms with van der Waals surface area (Å²) in [4.78, 5) is 81.5. The van der Waals surface area contributed by atoms with E-state index in [9.17, 15) is 77.5 Å². The van der Waals surface area contributed by atoms with E-state index in [-0.39, 0.29) is 153 Å². The Balaban J connectivity index is 0.000000292. The normalized spacial score (nSPS) is 10.7. The van der Waals surface area contributed by atoms with Gasteiger partial charge in [-0.3, -0.25) is 33.6 Å². The average Bonchev–Trinajstić information content (AvgIpc) is 0.816. The smallest absolute Gasteiger partial charge is 0.222 e. The predicted octanol–water partition coefficient (Wildman–Crippen LogP) is 23.6. The van der Waals surface area contributed by atoms with Crippen molar-refractivity contribution in [2.24, 2.45) is 41.4 Å². The fraction of sp³-hybridized carbons (Fsp3) is 0.296. The van der Waals surface area contributed by atoms with Gasteiger partial charge in [0.25, 0.3) is 0 Å². The number of rotatable bonds is 28. The summed E-state index contributed by atoms with van der Waals surface area (Å²) in [6, 6.07) is 59.7. The zero-order valence-corrected chi connectivity index (χ0v) is 69.2. The van der Waals surface area contributed by atoms with Crippen LogP contribution in [0.25, 0.3) is 5.57 Å². The van der Waals surface area contributed by atoms with Crippen molar-refractivity contribution in [1.82, 2.24) is 5.32 Å². The Morgan fingerprint density at radius 2 is 0.653 bits per heavy atom. The molecule has 118 heavy (non-hydrogen) atoms. The van der Waals surface area contributed by atoms with E-state index in [0.717, 1.165) is 50.2 Å². The Bertz CT molecular complexity index is 4330. The first-order valence-corrected chi connectivity index (χ1v) is 38.9. The van der Waals surface area contributed by atoms with Crippen LogP contribution in [0.1, 0.15) is 166 Å². The highest BCUT2D eigenvalue weighted by Gasteiger charge is 2.26. The molecule has 2 N–H and O–H groups in total. The maximum absolute atomic E-state index is 13.1. The zero-order chi connectivity index (χ0) is 87.7. The SMILES string of the molecule is CC(C)C(=O)C(c1ccc(F)cc1)c1ccc(F)cc1.CC(C)C(=O)C=C(c1ccc(F)cc1)c1ccc(F)cc1.CC(C)C(=O)CC(c1ccc(F)cc1)c1ccc(F)cc1.CC(C)C(=O)CCc1ccc(F)cc1.CC(C)C(=O)CNc1ccc(F)cc1.CC(C)C(=O)COc1ccc(F)cc1.CC(C)C(=O)NCc1ccc(F)cc1. The van der Waals surface area contributed by atoms with Crippen LogP contribution in [-0.2, 0) is 46.5 Å². The number of ketones is 6. The summed E-state index contributed by atoms with van der Waals surface area (Å²) in [5.74, 6) is -2.93. The van der Waals surface area contributed by atoms with E-state index in [1.807, 2.05) is 96.9 Å². The second-order valence-electron chi connectivity index (χ2n) is 29.8. The molecule has 0 spiro atoms. The quantitative estimate of drug-likeness (QED) is 0.0360. The number of allylic oxidation sites excluding steroid dienone is 1. The Hall–Kier alpha value is -11.7. The molecule has 0 unspecified atom stereocenters. The van der Waals surface area contributed by atoms with Crippen LogP contribution in [0.3, 0.4) is 0 Å². The number of carbonyl (C=O) groups excluding carboxylic acids is 7. The standard InChI is InChI=1S/C18H18F2O.C18H16F2O.C17H16F2O.C12H15FO.2C11H14FNO.C11H13FO2/c2*1-12(2)18(21)11-17(13-3-7-15(19)8-4-13)14-5-9-16(20)10-6-14;1-11(2)17(20)16(12-3-7-14(18)8-4-12)13-5-9-15(19)10-6-13;1-9(2)12(14)8-5-10-3-6-11(13)7-4-10;1-8(2)11(14)7-13-10-5-3-9(12)4-6-10;1-8(2)11(14)13-7-9-3-5-10(12)6-4-9;1-8(2)11(13)7-14-10-5-3-9(12)4-6-10/h3-10,12,17H,11H2,1-2H3;3-12H,1-2H3;3-11,16H,1-2H3;3-4,6-7,9H,5,8H2,1-2H3;3-6,8,13H,7H2,1-2H3;3-6,8H,7H2,1-2H3,(H,13,14);3-6,8H,7H2,1-2H3. The number of hydrogen-bond donors (Lipinski definition) is 2. The number of nitrogens with one attached hydrogen (secondary N) is 2. The van der Waals surface area contributed by atoms with Gasteiger partial charge in [-0.25, -0.2) is 43.9 Å². The molecule has 0 aliphatic heterocycles. The van der Waals surface area contributed by atoms with Gasteiger partial charge in [-0.2, -0.15) is 0 Å². The topological polar surface area (TPSA) is 153 Å². The van der Waals surface area contributed by atoms with Crippen molar-refractivity contribution in [3.63, 3.8) is 0 Å². The van der Waals surface area contributed by atoms with Gasteiger partial charge in [-0.1, -0.05) is 194 Å². The third kappa shape index (κ3) is 37.5. The van der Waals surface area contributed by atoms with E-state index < -0.39 is 5.92 Å². The third-order valence-corrected chi connectivity index (χ3v) is 17.9. The summed E-state index contributed by atoms with van der Waals surface area (Å²) in [6.07, 6.45) is 3.11. The van der Waals surface area contributed by atoms with E-state index in [4.69, 9.17) is 4.74 Å². The van der Waals surface area contributed by atoms with Crippen molar-refractivity contribution in [3.05, 3.63) is 351 Å². The molecular weight excluding hydrogens is 1520 g/mol. The highest BCUT2D eigenvalue weighted by Crippen LogP contribution is 2.32. The number of aryl methyl sites for hydroxylation is 1. The van der Waals surface area contributed by atoms with Crippen LogP contribution in [0.4, 0.5) is 49.6 Å². The van der Waals surface area contributed by atoms with Crippen LogP contribution in [-0.4, -0.2) is 53.8 Å². The molecule has 0 atom stereocenters. The Labute approximate surface area is 687 Å². The molecule has 0 saturated carbocycles. The Kier molecular flexibility index (Phi) is 43.0. The van der Waals surface area contributed by atoms with Crippen LogP contribution in [0.2, 0.25) is 0 Å². The molecule has 20 heteroatoms. The van der Waals surface area contributed by atoms with Gasteiger partial charge in [0, 0.05) is 72.4 Å². The number of carbonyl (C=O) groups is 7. The summed E-state index contributed by atoms with van der Waals surface area (Å²) in [5, 5.41) is 5.69. The lowest BCUT2D eigenvalue weighted by Gasteiger charge is -2.19. The summed E-state index contributed by atoms with van der Waals surface area (Å²) in [6.45, 7) is 26.6. The molecule has 0 bridgehead atoms. The summed E-state index contributed by atoms with van der Waals surface area (Å²) >= 11 is 0. The van der Waals surface area contributed by atoms with Crippen LogP contribution in [0.5, 0.6) is 5.75 Å². The predicted molar refractivity (Wildman–Crippen MR) is 447 cm³/mol. The van der Waals surface area contributed by atoms with E-state index >= 15 is 0 Å². The minimum atomic E-state index is -0.490. The van der Waals surface area contributed by atoms with Crippen molar-refractivity contribution in [2.75, 3.05) is 18.5 Å². The third-order valence-electron chi connectivity index (χ3n) is 17.9. The molecular formula is C98H106F10N2O8. The number of benzene rings is 10. The molecule has 10 rings (SSSR count). The van der Waals surface area contributed by atoms with E-state index in [2.05, 4.69) is 10.6 Å². The summed E-state index contributed by atoms with van der Waals surface area (Å²) < 4.78 is 134. The minimum Gasteiger partial charge on any atom is -0.486 e. The lowest BCUT2D eigenvalue weighted by molar-refractivity contribution is -0.124. The van der Waals surface area contributed by atoms with Gasteiger partial charge in [-0.05, 0) is 208 Å². The minimum absolute atomic E-state index is 0.00863. The first kappa shape index (κ1) is 98.7. The zero-order valence-electron chi connectivity index (χ0n) is 69.2. The van der Waals surface area contributed by atoms with Crippen molar-refractivity contribution >= 4 is 51.9 Å². The van der Waals surface area contributed by atoms with Crippen molar-refractivity contribution in [3.8, 4) is 5.75 Å². The number of anilines is 1. The van der Waals surface area contributed by atoms with Crippen molar-refractivity contribution in [1.29, 1.82) is 0 Å². The van der Waals surface area contributed by atoms with Crippen molar-refractivity contribution < 1.29 is 82.2 Å². The molecule has 10 nitrogen and oxygen atoms in total. The maximum atomic E-state index is 13.1.